The summed E-state index contributed by atoms with van der Waals surface area (Å²) < 4.78 is 4.55. The van der Waals surface area contributed by atoms with Gasteiger partial charge in [0.25, 0.3) is 0 Å². The van der Waals surface area contributed by atoms with Crippen LogP contribution in [0.2, 0.25) is 0 Å². The number of hydrogen-bond acceptors (Lipinski definition) is 5. The molecule has 82 valence electrons. The number of aliphatic carboxylic acids is 1. The molecule has 6 heteroatoms. The van der Waals surface area contributed by atoms with Gasteiger partial charge >= 0.3 is 57.4 Å². The fraction of sp³-hybridized carbons (Fsp3) is 0.400. The van der Waals surface area contributed by atoms with Gasteiger partial charge < -0.3 is 20.0 Å². The summed E-state index contributed by atoms with van der Waals surface area (Å²) in [6.07, 6.45) is 0.0413. The summed E-state index contributed by atoms with van der Waals surface area (Å²) in [5.41, 5.74) is 1.52. The molecule has 0 aromatic rings. The topological polar surface area (TPSA) is 78.5 Å². The maximum atomic E-state index is 11.3. The van der Waals surface area contributed by atoms with Crippen LogP contribution < -0.4 is 61.8 Å². The molecule has 0 spiro atoms. The first-order valence-electron chi connectivity index (χ1n) is 4.43. The van der Waals surface area contributed by atoms with E-state index < -0.39 is 11.9 Å². The number of allylic oxidation sites excluding steroid dienone is 2. The van der Waals surface area contributed by atoms with Crippen molar-refractivity contribution in [3.63, 3.8) is 0 Å². The van der Waals surface area contributed by atoms with E-state index in [4.69, 9.17) is 0 Å². The Labute approximate surface area is 136 Å². The number of carbonyl (C=O) groups excluding carboxylic acids is 2. The summed E-state index contributed by atoms with van der Waals surface area (Å²) in [6, 6.07) is 0. The van der Waals surface area contributed by atoms with Crippen molar-refractivity contribution in [1.82, 2.24) is 5.32 Å². The van der Waals surface area contributed by atoms with Gasteiger partial charge in [0.05, 0.1) is 18.7 Å². The van der Waals surface area contributed by atoms with Crippen LogP contribution >= 0.6 is 0 Å². The Morgan fingerprint density at radius 2 is 1.75 bits per heavy atom. The van der Waals surface area contributed by atoms with Crippen molar-refractivity contribution in [2.75, 3.05) is 7.11 Å². The fourth-order valence-electron chi connectivity index (χ4n) is 1.45. The first-order chi connectivity index (χ1) is 6.97. The zero-order chi connectivity index (χ0) is 11.6. The predicted molar refractivity (Wildman–Crippen MR) is 50.2 cm³/mol. The number of methoxy groups -OCH3 is 1. The van der Waals surface area contributed by atoms with Crippen LogP contribution in [0.3, 0.4) is 0 Å². The minimum Gasteiger partial charge on any atom is -0.545 e. The van der Waals surface area contributed by atoms with Crippen molar-refractivity contribution in [2.45, 2.75) is 20.3 Å². The molecular weight excluding hydrogens is 237 g/mol. The third-order valence-electron chi connectivity index (χ3n) is 2.31. The summed E-state index contributed by atoms with van der Waals surface area (Å²) in [7, 11) is 1.26. The Balaban J connectivity index is 0.00000225. The average Bonchev–Trinajstić information content (AvgIpc) is 2.16. The van der Waals surface area contributed by atoms with E-state index in [2.05, 4.69) is 10.1 Å². The number of carbonyl (C=O) groups is 2. The van der Waals surface area contributed by atoms with Gasteiger partial charge in [-0.2, -0.15) is 0 Å². The summed E-state index contributed by atoms with van der Waals surface area (Å²) in [4.78, 5) is 22.0. The molecule has 1 aliphatic rings. The van der Waals surface area contributed by atoms with E-state index in [1.54, 1.807) is 13.8 Å². The molecule has 16 heavy (non-hydrogen) atoms. The quantitative estimate of drug-likeness (QED) is 0.405. The first-order valence-corrected chi connectivity index (χ1v) is 4.43. The second-order valence-corrected chi connectivity index (χ2v) is 3.29. The SMILES string of the molecule is COC(=O)C1=C(C)NC(C)=C(C(=O)[O-])C1.[K+]. The van der Waals surface area contributed by atoms with Crippen LogP contribution in [-0.2, 0) is 14.3 Å². The van der Waals surface area contributed by atoms with Crippen LogP contribution in [0.5, 0.6) is 0 Å². The maximum Gasteiger partial charge on any atom is 1.00 e. The van der Waals surface area contributed by atoms with Crippen LogP contribution in [0.1, 0.15) is 20.3 Å². The molecule has 1 N–H and O–H groups in total. The Morgan fingerprint density at radius 3 is 2.19 bits per heavy atom. The molecule has 0 aromatic heterocycles. The van der Waals surface area contributed by atoms with Gasteiger partial charge in [0, 0.05) is 17.8 Å². The largest absolute Gasteiger partial charge is 1.00 e. The summed E-state index contributed by atoms with van der Waals surface area (Å²) in [5, 5.41) is 13.6. The fourth-order valence-corrected chi connectivity index (χ4v) is 1.45. The second-order valence-electron chi connectivity index (χ2n) is 3.29. The maximum absolute atomic E-state index is 11.3. The van der Waals surface area contributed by atoms with E-state index in [9.17, 15) is 14.7 Å². The molecule has 0 unspecified atom stereocenters. The number of carboxylic acid groups (broad SMARTS) is 1. The third-order valence-corrected chi connectivity index (χ3v) is 2.31. The Morgan fingerprint density at radius 1 is 1.25 bits per heavy atom. The molecule has 0 aliphatic carbocycles. The van der Waals surface area contributed by atoms with E-state index in [0.717, 1.165) is 0 Å². The molecule has 0 radical (unpaired) electrons. The molecule has 0 aromatic carbocycles. The van der Waals surface area contributed by atoms with Crippen molar-refractivity contribution >= 4 is 11.9 Å². The van der Waals surface area contributed by atoms with Gasteiger partial charge in [-0.1, -0.05) is 0 Å². The van der Waals surface area contributed by atoms with Gasteiger partial charge in [0.1, 0.15) is 0 Å². The van der Waals surface area contributed by atoms with Crippen molar-refractivity contribution in [3.05, 3.63) is 22.5 Å². The van der Waals surface area contributed by atoms with Crippen LogP contribution in [0.4, 0.5) is 0 Å². The van der Waals surface area contributed by atoms with Crippen molar-refractivity contribution in [3.8, 4) is 0 Å². The molecule has 0 saturated carbocycles. The third kappa shape index (κ3) is 3.43. The molecule has 0 saturated heterocycles. The van der Waals surface area contributed by atoms with E-state index in [1.165, 1.54) is 7.11 Å². The average molecular weight is 249 g/mol. The van der Waals surface area contributed by atoms with E-state index >= 15 is 0 Å². The number of nitrogens with one attached hydrogen (secondary N) is 1. The zero-order valence-electron chi connectivity index (χ0n) is 9.84. The summed E-state index contributed by atoms with van der Waals surface area (Å²) in [5.74, 6) is -1.79. The summed E-state index contributed by atoms with van der Waals surface area (Å²) in [6.45, 7) is 3.32. The number of esters is 1. The van der Waals surface area contributed by atoms with Gasteiger partial charge in [-0.3, -0.25) is 0 Å². The number of dihydropyridines is 1. The van der Waals surface area contributed by atoms with Crippen molar-refractivity contribution < 1.29 is 70.8 Å². The minimum atomic E-state index is -1.27. The zero-order valence-corrected chi connectivity index (χ0v) is 13.0. The Bertz CT molecular complexity index is 384. The van der Waals surface area contributed by atoms with Gasteiger partial charge in [0.15, 0.2) is 0 Å². The smallest absolute Gasteiger partial charge is 0.545 e. The Kier molecular flexibility index (Phi) is 6.50. The van der Waals surface area contributed by atoms with Crippen molar-refractivity contribution in [1.29, 1.82) is 0 Å². The predicted octanol–water partition coefficient (Wildman–Crippen LogP) is -3.55. The minimum absolute atomic E-state index is 0. The van der Waals surface area contributed by atoms with Gasteiger partial charge in [-0.25, -0.2) is 4.79 Å². The summed E-state index contributed by atoms with van der Waals surface area (Å²) >= 11 is 0. The number of hydrogen-bond donors (Lipinski definition) is 1. The Hall–Kier alpha value is -0.144. The molecule has 0 amide bonds. The van der Waals surface area contributed by atoms with Crippen LogP contribution in [0.15, 0.2) is 22.5 Å². The van der Waals surface area contributed by atoms with Crippen molar-refractivity contribution in [2.24, 2.45) is 0 Å². The number of ether oxygens (including phenoxy) is 1. The second kappa shape index (κ2) is 6.56. The standard InChI is InChI=1S/C10H13NO4.K/c1-5-7(9(12)13)4-8(6(2)11-5)10(14)15-3;/h11H,4H2,1-3H3,(H,12,13);/q;+1/p-1. The number of rotatable bonds is 2. The molecule has 1 rings (SSSR count). The van der Waals surface area contributed by atoms with Gasteiger partial charge in [0.2, 0.25) is 0 Å². The molecule has 0 bridgehead atoms. The van der Waals surface area contributed by atoms with Gasteiger partial charge in [-0.15, -0.1) is 0 Å². The normalized spacial score (nSPS) is 15.2. The molecular formula is C10H12KNO4. The van der Waals surface area contributed by atoms with E-state index in [-0.39, 0.29) is 63.4 Å². The molecule has 0 atom stereocenters. The molecule has 5 nitrogen and oxygen atoms in total. The van der Waals surface area contributed by atoms with Gasteiger partial charge in [-0.05, 0) is 19.4 Å². The molecule has 1 heterocycles. The monoisotopic (exact) mass is 249 g/mol. The first kappa shape index (κ1) is 15.9. The van der Waals surface area contributed by atoms with E-state index in [0.29, 0.717) is 17.0 Å². The molecule has 0 fully saturated rings. The van der Waals surface area contributed by atoms with E-state index in [1.807, 2.05) is 0 Å². The van der Waals surface area contributed by atoms with Crippen LogP contribution in [0.25, 0.3) is 0 Å². The van der Waals surface area contributed by atoms with Crippen LogP contribution in [0, 0.1) is 0 Å². The molecule has 1 aliphatic heterocycles. The van der Waals surface area contributed by atoms with Crippen LogP contribution in [-0.4, -0.2) is 19.0 Å². The number of carboxylic acids is 1.